The molecular formula is C17H26O3. The normalized spacial score (nSPS) is 21.3. The molecule has 0 amide bonds. The molecule has 20 heavy (non-hydrogen) atoms. The molecule has 0 N–H and O–H groups in total. The van der Waals surface area contributed by atoms with Crippen molar-refractivity contribution in [2.75, 3.05) is 13.4 Å². The fourth-order valence-electron chi connectivity index (χ4n) is 3.30. The van der Waals surface area contributed by atoms with E-state index in [-0.39, 0.29) is 12.8 Å². The Morgan fingerprint density at radius 3 is 2.40 bits per heavy atom. The van der Waals surface area contributed by atoms with Gasteiger partial charge in [-0.15, -0.1) is 6.58 Å². The summed E-state index contributed by atoms with van der Waals surface area (Å²) in [5, 5.41) is 0. The van der Waals surface area contributed by atoms with Gasteiger partial charge in [-0.05, 0) is 37.5 Å². The molecule has 2 aliphatic rings. The molecular weight excluding hydrogens is 252 g/mol. The van der Waals surface area contributed by atoms with Crippen molar-refractivity contribution in [2.45, 2.75) is 51.4 Å². The second-order valence-corrected chi connectivity index (χ2v) is 5.86. The van der Waals surface area contributed by atoms with Gasteiger partial charge in [0.25, 0.3) is 0 Å². The topological polar surface area (TPSA) is 35.5 Å². The average Bonchev–Trinajstić information content (AvgIpc) is 3.13. The van der Waals surface area contributed by atoms with Crippen molar-refractivity contribution in [3.63, 3.8) is 0 Å². The highest BCUT2D eigenvalue weighted by atomic mass is 16.7. The molecule has 0 aromatic rings. The van der Waals surface area contributed by atoms with Gasteiger partial charge in [-0.1, -0.05) is 37.8 Å². The first-order valence-electron chi connectivity index (χ1n) is 7.88. The van der Waals surface area contributed by atoms with Gasteiger partial charge in [0.2, 0.25) is 0 Å². The molecule has 2 saturated carbocycles. The largest absolute Gasteiger partial charge is 0.435 e. The Bertz CT molecular complexity index is 347. The second-order valence-electron chi connectivity index (χ2n) is 5.86. The summed E-state index contributed by atoms with van der Waals surface area (Å²) in [6.45, 7) is 4.01. The molecule has 2 aliphatic carbocycles. The van der Waals surface area contributed by atoms with E-state index in [2.05, 4.69) is 12.7 Å². The number of carbonyl (C=O) groups is 1. The van der Waals surface area contributed by atoms with Crippen LogP contribution >= 0.6 is 0 Å². The van der Waals surface area contributed by atoms with Crippen LogP contribution in [0, 0.1) is 11.8 Å². The number of hydrogen-bond donors (Lipinski definition) is 0. The predicted octanol–water partition coefficient (Wildman–Crippen LogP) is 4.00. The Morgan fingerprint density at radius 1 is 1.10 bits per heavy atom. The van der Waals surface area contributed by atoms with Crippen LogP contribution in [0.3, 0.4) is 0 Å². The van der Waals surface area contributed by atoms with Gasteiger partial charge < -0.3 is 9.47 Å². The molecule has 112 valence electrons. The average molecular weight is 278 g/mol. The third-order valence-electron chi connectivity index (χ3n) is 4.35. The first-order valence-corrected chi connectivity index (χ1v) is 7.88. The lowest BCUT2D eigenvalue weighted by Crippen LogP contribution is -2.17. The third-order valence-corrected chi connectivity index (χ3v) is 4.35. The van der Waals surface area contributed by atoms with Crippen LogP contribution in [0.5, 0.6) is 0 Å². The number of carbonyl (C=O) groups excluding carboxylic acids is 1. The van der Waals surface area contributed by atoms with Gasteiger partial charge in [0.1, 0.15) is 0 Å². The predicted molar refractivity (Wildman–Crippen MR) is 79.1 cm³/mol. The van der Waals surface area contributed by atoms with Crippen LogP contribution in [0.25, 0.3) is 0 Å². The maximum atomic E-state index is 12.3. The molecule has 0 aromatic heterocycles. The Hall–Kier alpha value is -1.09. The van der Waals surface area contributed by atoms with Gasteiger partial charge in [0, 0.05) is 5.57 Å². The van der Waals surface area contributed by atoms with Crippen LogP contribution in [0.1, 0.15) is 51.4 Å². The molecule has 0 radical (unpaired) electrons. The van der Waals surface area contributed by atoms with Gasteiger partial charge >= 0.3 is 5.97 Å². The van der Waals surface area contributed by atoms with E-state index in [1.807, 2.05) is 0 Å². The van der Waals surface area contributed by atoms with E-state index in [0.717, 1.165) is 18.4 Å². The number of ether oxygens (including phenoxy) is 2. The lowest BCUT2D eigenvalue weighted by molar-refractivity contribution is -0.151. The first-order chi connectivity index (χ1) is 9.81. The number of hydrogen-bond acceptors (Lipinski definition) is 3. The summed E-state index contributed by atoms with van der Waals surface area (Å²) in [7, 11) is 0. The van der Waals surface area contributed by atoms with Crippen molar-refractivity contribution in [2.24, 2.45) is 11.8 Å². The minimum absolute atomic E-state index is 0.0274. The lowest BCUT2D eigenvalue weighted by Gasteiger charge is -2.16. The van der Waals surface area contributed by atoms with Gasteiger partial charge in [0.15, 0.2) is 6.79 Å². The highest BCUT2D eigenvalue weighted by molar-refractivity contribution is 5.89. The molecule has 0 aliphatic heterocycles. The van der Waals surface area contributed by atoms with E-state index >= 15 is 0 Å². The second kappa shape index (κ2) is 8.25. The molecule has 0 spiro atoms. The van der Waals surface area contributed by atoms with Crippen molar-refractivity contribution in [3.8, 4) is 0 Å². The van der Waals surface area contributed by atoms with Crippen LogP contribution in [0.4, 0.5) is 0 Å². The summed E-state index contributed by atoms with van der Waals surface area (Å²) in [5.74, 6) is 0.808. The Morgan fingerprint density at radius 2 is 1.75 bits per heavy atom. The number of rotatable bonds is 7. The zero-order chi connectivity index (χ0) is 14.2. The summed E-state index contributed by atoms with van der Waals surface area (Å²) in [5.41, 5.74) is 0.914. The maximum absolute atomic E-state index is 12.3. The van der Waals surface area contributed by atoms with E-state index in [9.17, 15) is 4.79 Å². The quantitative estimate of drug-likeness (QED) is 0.232. The van der Waals surface area contributed by atoms with E-state index in [1.54, 1.807) is 6.08 Å². The summed E-state index contributed by atoms with van der Waals surface area (Å²) in [6.07, 6.45) is 13.6. The minimum atomic E-state index is -0.173. The number of esters is 1. The summed E-state index contributed by atoms with van der Waals surface area (Å²) in [4.78, 5) is 12.3. The number of allylic oxidation sites excluding steroid dienone is 1. The highest BCUT2D eigenvalue weighted by Crippen LogP contribution is 2.35. The van der Waals surface area contributed by atoms with Crippen molar-refractivity contribution >= 4 is 5.97 Å². The standard InChI is InChI=1S/C17H26O3/c1-2-11-19-13-20-17(18)16(15-9-5-6-10-15)12-14-7-3-4-8-14/h2,12,14-15H,1,3-11,13H2/b16-12-. The minimum Gasteiger partial charge on any atom is -0.435 e. The Balaban J connectivity index is 1.93. The van der Waals surface area contributed by atoms with Gasteiger partial charge in [-0.2, -0.15) is 0 Å². The molecule has 0 heterocycles. The highest BCUT2D eigenvalue weighted by Gasteiger charge is 2.27. The molecule has 2 fully saturated rings. The maximum Gasteiger partial charge on any atom is 0.336 e. The molecule has 3 heteroatoms. The van der Waals surface area contributed by atoms with Crippen molar-refractivity contribution < 1.29 is 14.3 Å². The van der Waals surface area contributed by atoms with E-state index in [4.69, 9.17) is 9.47 Å². The van der Waals surface area contributed by atoms with Crippen LogP contribution in [-0.2, 0) is 14.3 Å². The zero-order valence-corrected chi connectivity index (χ0v) is 12.3. The van der Waals surface area contributed by atoms with E-state index in [1.165, 1.54) is 38.5 Å². The van der Waals surface area contributed by atoms with Crippen LogP contribution in [0.2, 0.25) is 0 Å². The fourth-order valence-corrected chi connectivity index (χ4v) is 3.30. The van der Waals surface area contributed by atoms with Crippen molar-refractivity contribution in [3.05, 3.63) is 24.3 Å². The third kappa shape index (κ3) is 4.48. The molecule has 0 bridgehead atoms. The summed E-state index contributed by atoms with van der Waals surface area (Å²) >= 11 is 0. The van der Waals surface area contributed by atoms with Crippen LogP contribution in [0.15, 0.2) is 24.3 Å². The first kappa shape index (κ1) is 15.3. The molecule has 0 saturated heterocycles. The molecule has 0 aromatic carbocycles. The smallest absolute Gasteiger partial charge is 0.336 e. The van der Waals surface area contributed by atoms with E-state index < -0.39 is 0 Å². The molecule has 3 nitrogen and oxygen atoms in total. The summed E-state index contributed by atoms with van der Waals surface area (Å²) in [6, 6.07) is 0. The van der Waals surface area contributed by atoms with Gasteiger partial charge in [-0.25, -0.2) is 4.79 Å². The Labute approximate surface area is 122 Å². The SMILES string of the molecule is C=CCOCOC(=O)/C(=C\C1CCCC1)C1CCCC1. The van der Waals surface area contributed by atoms with Crippen LogP contribution < -0.4 is 0 Å². The molecule has 0 atom stereocenters. The molecule has 0 unspecified atom stereocenters. The lowest BCUT2D eigenvalue weighted by atomic mass is 9.93. The van der Waals surface area contributed by atoms with Crippen molar-refractivity contribution in [1.82, 2.24) is 0 Å². The summed E-state index contributed by atoms with van der Waals surface area (Å²) < 4.78 is 10.4. The van der Waals surface area contributed by atoms with E-state index in [0.29, 0.717) is 18.4 Å². The van der Waals surface area contributed by atoms with Crippen molar-refractivity contribution in [1.29, 1.82) is 0 Å². The monoisotopic (exact) mass is 278 g/mol. The van der Waals surface area contributed by atoms with Gasteiger partial charge in [-0.3, -0.25) is 0 Å². The fraction of sp³-hybridized carbons (Fsp3) is 0.706. The van der Waals surface area contributed by atoms with Crippen LogP contribution in [-0.4, -0.2) is 19.4 Å². The zero-order valence-electron chi connectivity index (χ0n) is 12.3. The molecule has 2 rings (SSSR count). The van der Waals surface area contributed by atoms with Gasteiger partial charge in [0.05, 0.1) is 6.61 Å². The Kier molecular flexibility index (Phi) is 6.31.